The van der Waals surface area contributed by atoms with E-state index in [0.717, 1.165) is 0 Å². The van der Waals surface area contributed by atoms with Crippen LogP contribution in [0.25, 0.3) is 0 Å². The molecule has 168 valence electrons. The predicted octanol–water partition coefficient (Wildman–Crippen LogP) is -3.80. The molecule has 0 aromatic rings. The van der Waals surface area contributed by atoms with Crippen LogP contribution in [0.3, 0.4) is 0 Å². The minimum atomic E-state index is -1.21. The summed E-state index contributed by atoms with van der Waals surface area (Å²) in [5.74, 6) is -5.75. The molecule has 2 amide bonds. The second-order valence-electron chi connectivity index (χ2n) is 5.44. The van der Waals surface area contributed by atoms with E-state index in [2.05, 4.69) is 5.73 Å². The van der Waals surface area contributed by atoms with Crippen molar-refractivity contribution < 1.29 is 49.2 Å². The van der Waals surface area contributed by atoms with Crippen LogP contribution in [-0.4, -0.2) is 74.2 Å². The lowest BCUT2D eigenvalue weighted by Gasteiger charge is -2.01. The van der Waals surface area contributed by atoms with E-state index < -0.39 is 53.8 Å². The maximum Gasteiger partial charge on any atom is 0.321 e. The number of carboxylic acids is 4. The topological polar surface area (TPSA) is 313 Å². The molecular formula is C14H27N5O10. The first-order valence-corrected chi connectivity index (χ1v) is 7.85. The zero-order valence-electron chi connectivity index (χ0n) is 15.4. The van der Waals surface area contributed by atoms with Gasteiger partial charge in [-0.2, -0.15) is 0 Å². The molecule has 0 aromatic heterocycles. The van der Waals surface area contributed by atoms with Crippen molar-refractivity contribution in [3.8, 4) is 0 Å². The quantitative estimate of drug-likeness (QED) is 0.153. The summed E-state index contributed by atoms with van der Waals surface area (Å²) in [4.78, 5) is 59.9. The Morgan fingerprint density at radius 3 is 1.14 bits per heavy atom. The Hall–Kier alpha value is -3.30. The Labute approximate surface area is 164 Å². The highest BCUT2D eigenvalue weighted by molar-refractivity contribution is 5.83. The molecule has 0 aromatic carbocycles. The zero-order chi connectivity index (χ0) is 23.7. The van der Waals surface area contributed by atoms with Gasteiger partial charge in [0.1, 0.15) is 18.1 Å². The Bertz CT molecular complexity index is 549. The molecule has 0 fully saturated rings. The lowest BCUT2D eigenvalue weighted by molar-refractivity contribution is -0.141. The summed E-state index contributed by atoms with van der Waals surface area (Å²) in [5.41, 5.74) is 24.4. The van der Waals surface area contributed by atoms with Gasteiger partial charge in [0.2, 0.25) is 11.8 Å². The molecule has 0 unspecified atom stereocenters. The van der Waals surface area contributed by atoms with Gasteiger partial charge in [0, 0.05) is 12.8 Å². The maximum atomic E-state index is 10.1. The van der Waals surface area contributed by atoms with Crippen LogP contribution in [0.4, 0.5) is 0 Å². The van der Waals surface area contributed by atoms with Gasteiger partial charge in [0.25, 0.3) is 0 Å². The molecule has 0 heterocycles. The Balaban J connectivity index is -0.000000350. The summed E-state index contributed by atoms with van der Waals surface area (Å²) in [5, 5.41) is 32.6. The molecule has 0 aliphatic heterocycles. The first-order chi connectivity index (χ1) is 13.1. The van der Waals surface area contributed by atoms with E-state index in [-0.39, 0.29) is 32.1 Å². The molecule has 15 heteroatoms. The summed E-state index contributed by atoms with van der Waals surface area (Å²) < 4.78 is 0. The average molecular weight is 425 g/mol. The SMILES string of the molecule is NC(=O)CC[C@H](N)C(=O)O.NC(=O)C[C@H](N)C(=O)O.N[C@@H](CCC(=O)O)C(=O)O. The summed E-state index contributed by atoms with van der Waals surface area (Å²) in [6, 6.07) is -3.20. The first-order valence-electron chi connectivity index (χ1n) is 7.85. The van der Waals surface area contributed by atoms with E-state index in [1.54, 1.807) is 0 Å². The van der Waals surface area contributed by atoms with Gasteiger partial charge in [-0.05, 0) is 12.8 Å². The van der Waals surface area contributed by atoms with Crippen LogP contribution >= 0.6 is 0 Å². The number of carbonyl (C=O) groups is 6. The fourth-order valence-electron chi connectivity index (χ4n) is 1.13. The molecule has 0 bridgehead atoms. The van der Waals surface area contributed by atoms with Gasteiger partial charge in [-0.25, -0.2) is 0 Å². The Kier molecular flexibility index (Phi) is 17.7. The van der Waals surface area contributed by atoms with Gasteiger partial charge < -0.3 is 49.1 Å². The van der Waals surface area contributed by atoms with Crippen LogP contribution in [-0.2, 0) is 28.8 Å². The molecule has 0 aliphatic rings. The van der Waals surface area contributed by atoms with E-state index in [0.29, 0.717) is 0 Å². The fraction of sp³-hybridized carbons (Fsp3) is 0.571. The Morgan fingerprint density at radius 1 is 0.586 bits per heavy atom. The van der Waals surface area contributed by atoms with Crippen LogP contribution < -0.4 is 28.7 Å². The van der Waals surface area contributed by atoms with Crippen molar-refractivity contribution in [3.63, 3.8) is 0 Å². The highest BCUT2D eigenvalue weighted by Gasteiger charge is 2.13. The smallest absolute Gasteiger partial charge is 0.321 e. The van der Waals surface area contributed by atoms with Gasteiger partial charge in [0.05, 0.1) is 6.42 Å². The predicted molar refractivity (Wildman–Crippen MR) is 95.9 cm³/mol. The van der Waals surface area contributed by atoms with Gasteiger partial charge in [0.15, 0.2) is 0 Å². The number of aliphatic carboxylic acids is 4. The third-order valence-electron chi connectivity index (χ3n) is 2.74. The van der Waals surface area contributed by atoms with Crippen molar-refractivity contribution in [1.82, 2.24) is 0 Å². The van der Waals surface area contributed by atoms with Gasteiger partial charge in [-0.3, -0.25) is 28.8 Å². The lowest BCUT2D eigenvalue weighted by atomic mass is 10.2. The van der Waals surface area contributed by atoms with Crippen molar-refractivity contribution in [2.45, 2.75) is 50.2 Å². The molecule has 0 spiro atoms. The molecule has 15 nitrogen and oxygen atoms in total. The molecular weight excluding hydrogens is 398 g/mol. The molecule has 0 rings (SSSR count). The van der Waals surface area contributed by atoms with E-state index in [9.17, 15) is 28.8 Å². The molecule has 29 heavy (non-hydrogen) atoms. The van der Waals surface area contributed by atoms with Crippen molar-refractivity contribution in [2.24, 2.45) is 28.7 Å². The van der Waals surface area contributed by atoms with E-state index in [4.69, 9.17) is 43.4 Å². The zero-order valence-corrected chi connectivity index (χ0v) is 15.4. The van der Waals surface area contributed by atoms with E-state index in [1.165, 1.54) is 0 Å². The average Bonchev–Trinajstić information content (AvgIpc) is 2.57. The Morgan fingerprint density at radius 2 is 0.931 bits per heavy atom. The minimum absolute atomic E-state index is 0.0213. The molecule has 0 aliphatic carbocycles. The number of rotatable bonds is 11. The largest absolute Gasteiger partial charge is 0.481 e. The summed E-state index contributed by atoms with van der Waals surface area (Å²) in [6.45, 7) is 0. The number of carboxylic acid groups (broad SMARTS) is 4. The summed E-state index contributed by atoms with van der Waals surface area (Å²) in [6.07, 6.45) is -0.411. The van der Waals surface area contributed by atoms with Crippen LogP contribution in [0.1, 0.15) is 32.1 Å². The molecule has 3 atom stereocenters. The normalized spacial score (nSPS) is 12.5. The van der Waals surface area contributed by atoms with Gasteiger partial charge in [-0.1, -0.05) is 0 Å². The lowest BCUT2D eigenvalue weighted by Crippen LogP contribution is -2.34. The highest BCUT2D eigenvalue weighted by Crippen LogP contribution is 1.93. The van der Waals surface area contributed by atoms with Crippen molar-refractivity contribution in [1.29, 1.82) is 0 Å². The fourth-order valence-corrected chi connectivity index (χ4v) is 1.13. The summed E-state index contributed by atoms with van der Waals surface area (Å²) >= 11 is 0. The second kappa shape index (κ2) is 16.8. The van der Waals surface area contributed by atoms with Gasteiger partial charge >= 0.3 is 23.9 Å². The highest BCUT2D eigenvalue weighted by atomic mass is 16.4. The van der Waals surface area contributed by atoms with E-state index >= 15 is 0 Å². The monoisotopic (exact) mass is 425 g/mol. The molecule has 14 N–H and O–H groups in total. The number of nitrogens with two attached hydrogens (primary N) is 5. The van der Waals surface area contributed by atoms with E-state index in [1.807, 2.05) is 0 Å². The van der Waals surface area contributed by atoms with Gasteiger partial charge in [-0.15, -0.1) is 0 Å². The minimum Gasteiger partial charge on any atom is -0.481 e. The summed E-state index contributed by atoms with van der Waals surface area (Å²) in [7, 11) is 0. The molecule has 0 saturated carbocycles. The van der Waals surface area contributed by atoms with Crippen LogP contribution in [0, 0.1) is 0 Å². The third kappa shape index (κ3) is 24.7. The second-order valence-corrected chi connectivity index (χ2v) is 5.44. The number of carbonyl (C=O) groups excluding carboxylic acids is 2. The number of amides is 2. The number of hydrogen-bond donors (Lipinski definition) is 9. The number of hydrogen-bond acceptors (Lipinski definition) is 9. The van der Waals surface area contributed by atoms with Crippen molar-refractivity contribution in [3.05, 3.63) is 0 Å². The standard InChI is InChI=1S/C5H10N2O3.C5H9NO4.C4H8N2O3/c2*6-3(5(9)10)1-2-4(7)8;5-2(4(8)9)1-3(6)7/h3H,1-2,6H2,(H2,7,8)(H,9,10);3H,1-2,6H2,(H,7,8)(H,9,10);2H,1,5H2,(H2,6,7)(H,8,9)/t2*3-;2-/m000/s1. The van der Waals surface area contributed by atoms with Crippen molar-refractivity contribution >= 4 is 35.7 Å². The first kappa shape index (κ1) is 30.4. The molecule has 0 radical (unpaired) electrons. The van der Waals surface area contributed by atoms with Crippen molar-refractivity contribution in [2.75, 3.05) is 0 Å². The maximum absolute atomic E-state index is 10.1. The number of primary amides is 2. The molecule has 0 saturated heterocycles. The van der Waals surface area contributed by atoms with Crippen LogP contribution in [0.15, 0.2) is 0 Å². The van der Waals surface area contributed by atoms with Crippen LogP contribution in [0.2, 0.25) is 0 Å². The third-order valence-corrected chi connectivity index (χ3v) is 2.74. The van der Waals surface area contributed by atoms with Crippen LogP contribution in [0.5, 0.6) is 0 Å².